The van der Waals surface area contributed by atoms with Crippen LogP contribution in [0.25, 0.3) is 0 Å². The van der Waals surface area contributed by atoms with Gasteiger partial charge in [-0.2, -0.15) is 0 Å². The van der Waals surface area contributed by atoms with Crippen molar-refractivity contribution >= 4 is 27.1 Å². The first-order valence-corrected chi connectivity index (χ1v) is 10.0. The Kier molecular flexibility index (Phi) is 5.09. The Balaban J connectivity index is 2.01. The summed E-state index contributed by atoms with van der Waals surface area (Å²) in [5.74, 6) is 0.572. The molecule has 4 nitrogen and oxygen atoms in total. The summed E-state index contributed by atoms with van der Waals surface area (Å²) in [6.45, 7) is 4.71. The molecule has 1 fully saturated rings. The molecule has 0 N–H and O–H groups in total. The maximum absolute atomic E-state index is 12.5. The molecule has 0 aliphatic carbocycles. The van der Waals surface area contributed by atoms with Gasteiger partial charge in [-0.1, -0.05) is 13.3 Å². The van der Waals surface area contributed by atoms with Gasteiger partial charge in [0.2, 0.25) is 0 Å². The van der Waals surface area contributed by atoms with Crippen molar-refractivity contribution in [3.05, 3.63) is 21.4 Å². The lowest BCUT2D eigenvalue weighted by Crippen LogP contribution is -2.31. The van der Waals surface area contributed by atoms with Crippen LogP contribution in [0.2, 0.25) is 0 Å². The van der Waals surface area contributed by atoms with Crippen LogP contribution in [0.5, 0.6) is 0 Å². The molecule has 2 rings (SSSR count). The average molecular weight is 329 g/mol. The van der Waals surface area contributed by atoms with Gasteiger partial charge in [-0.3, -0.25) is 4.79 Å². The molecule has 2 heterocycles. The average Bonchev–Trinajstić information content (AvgIpc) is 2.92. The number of hydrogen-bond donors (Lipinski definition) is 0. The number of nitrogens with zero attached hydrogens (tertiary/aromatic N) is 1. The summed E-state index contributed by atoms with van der Waals surface area (Å²) in [7, 11) is -1.11. The second kappa shape index (κ2) is 6.48. The van der Waals surface area contributed by atoms with E-state index in [1.165, 1.54) is 21.8 Å². The fourth-order valence-corrected chi connectivity index (χ4v) is 5.73. The van der Waals surface area contributed by atoms with Gasteiger partial charge in [0.15, 0.2) is 9.84 Å². The van der Waals surface area contributed by atoms with Crippen molar-refractivity contribution in [1.82, 2.24) is 4.90 Å². The number of hydrogen-bond acceptors (Lipinski definition) is 4. The highest BCUT2D eigenvalue weighted by Crippen LogP contribution is 2.25. The molecule has 1 atom stereocenters. The van der Waals surface area contributed by atoms with Gasteiger partial charge in [0.05, 0.1) is 16.4 Å². The minimum Gasteiger partial charge on any atom is -0.341 e. The zero-order chi connectivity index (χ0) is 15.6. The van der Waals surface area contributed by atoms with E-state index in [9.17, 15) is 13.2 Å². The maximum Gasteiger partial charge on any atom is 0.263 e. The van der Waals surface area contributed by atoms with Crippen molar-refractivity contribution < 1.29 is 13.2 Å². The van der Waals surface area contributed by atoms with Gasteiger partial charge in [0.1, 0.15) is 0 Å². The quantitative estimate of drug-likeness (QED) is 0.834. The van der Waals surface area contributed by atoms with E-state index in [-0.39, 0.29) is 23.3 Å². The van der Waals surface area contributed by atoms with E-state index in [0.29, 0.717) is 13.0 Å². The highest BCUT2D eigenvalue weighted by Gasteiger charge is 2.30. The van der Waals surface area contributed by atoms with Crippen molar-refractivity contribution in [3.8, 4) is 0 Å². The Hall–Kier alpha value is -0.880. The van der Waals surface area contributed by atoms with E-state index in [1.54, 1.807) is 11.9 Å². The van der Waals surface area contributed by atoms with Gasteiger partial charge in [0.25, 0.3) is 5.91 Å². The Labute approximate surface area is 131 Å². The molecule has 1 aliphatic heterocycles. The second-order valence-corrected chi connectivity index (χ2v) is 9.38. The third kappa shape index (κ3) is 4.07. The summed E-state index contributed by atoms with van der Waals surface area (Å²) in [5, 5.41) is 0. The molecule has 0 saturated carbocycles. The molecule has 1 aromatic heterocycles. The number of aryl methyl sites for hydroxylation is 2. The third-order valence-corrected chi connectivity index (χ3v) is 6.87. The predicted molar refractivity (Wildman–Crippen MR) is 86.8 cm³/mol. The molecule has 21 heavy (non-hydrogen) atoms. The second-order valence-electron chi connectivity index (χ2n) is 5.90. The summed E-state index contributed by atoms with van der Waals surface area (Å²) in [5.41, 5.74) is 1.25. The van der Waals surface area contributed by atoms with Crippen LogP contribution in [0.4, 0.5) is 0 Å². The normalized spacial score (nSPS) is 20.6. The number of carbonyl (C=O) groups excluding carboxylic acids is 1. The van der Waals surface area contributed by atoms with E-state index in [2.05, 4.69) is 13.8 Å². The topological polar surface area (TPSA) is 54.5 Å². The molecule has 1 aliphatic rings. The van der Waals surface area contributed by atoms with Crippen molar-refractivity contribution in [2.75, 3.05) is 25.1 Å². The number of carbonyl (C=O) groups is 1. The molecular weight excluding hydrogens is 306 g/mol. The van der Waals surface area contributed by atoms with Crippen LogP contribution in [-0.4, -0.2) is 44.3 Å². The van der Waals surface area contributed by atoms with E-state index in [4.69, 9.17) is 0 Å². The molecule has 1 amide bonds. The lowest BCUT2D eigenvalue weighted by atomic mass is 10.1. The van der Waals surface area contributed by atoms with Crippen LogP contribution in [-0.2, 0) is 16.3 Å². The Morgan fingerprint density at radius 2 is 2.19 bits per heavy atom. The minimum absolute atomic E-state index is 0.00903. The van der Waals surface area contributed by atoms with E-state index in [1.807, 2.05) is 6.07 Å². The largest absolute Gasteiger partial charge is 0.341 e. The molecule has 0 spiro atoms. The zero-order valence-electron chi connectivity index (χ0n) is 12.9. The number of sulfone groups is 1. The first-order chi connectivity index (χ1) is 9.82. The van der Waals surface area contributed by atoms with Crippen LogP contribution in [0.15, 0.2) is 6.07 Å². The van der Waals surface area contributed by atoms with Crippen LogP contribution < -0.4 is 0 Å². The van der Waals surface area contributed by atoms with Gasteiger partial charge in [0, 0.05) is 18.5 Å². The molecule has 0 aromatic carbocycles. The molecule has 118 valence electrons. The van der Waals surface area contributed by atoms with Crippen molar-refractivity contribution in [2.45, 2.75) is 33.1 Å². The van der Waals surface area contributed by atoms with Gasteiger partial charge in [-0.05, 0) is 37.3 Å². The van der Waals surface area contributed by atoms with E-state index >= 15 is 0 Å². The van der Waals surface area contributed by atoms with Gasteiger partial charge in [-0.15, -0.1) is 11.3 Å². The fraction of sp³-hybridized carbons (Fsp3) is 0.667. The SMILES string of the molecule is CCCc1cc(C(=O)N(C)C[C@H]2CCS(=O)(=O)C2)sc1C. The summed E-state index contributed by atoms with van der Waals surface area (Å²) in [6.07, 6.45) is 2.74. The number of amides is 1. The molecule has 1 saturated heterocycles. The first kappa shape index (κ1) is 16.5. The highest BCUT2D eigenvalue weighted by atomic mass is 32.2. The lowest BCUT2D eigenvalue weighted by Gasteiger charge is -2.19. The zero-order valence-corrected chi connectivity index (χ0v) is 14.5. The van der Waals surface area contributed by atoms with Crippen LogP contribution >= 0.6 is 11.3 Å². The van der Waals surface area contributed by atoms with Gasteiger partial charge < -0.3 is 4.90 Å². The molecule has 0 radical (unpaired) electrons. The maximum atomic E-state index is 12.5. The van der Waals surface area contributed by atoms with Crippen LogP contribution in [0, 0.1) is 12.8 Å². The minimum atomic E-state index is -2.88. The van der Waals surface area contributed by atoms with Crippen LogP contribution in [0.3, 0.4) is 0 Å². The van der Waals surface area contributed by atoms with Gasteiger partial charge in [-0.25, -0.2) is 8.42 Å². The monoisotopic (exact) mass is 329 g/mol. The number of thiophene rings is 1. The lowest BCUT2D eigenvalue weighted by molar-refractivity contribution is 0.0782. The summed E-state index contributed by atoms with van der Waals surface area (Å²) >= 11 is 1.54. The predicted octanol–water partition coefficient (Wildman–Crippen LogP) is 2.52. The van der Waals surface area contributed by atoms with Crippen molar-refractivity contribution in [2.24, 2.45) is 5.92 Å². The summed E-state index contributed by atoms with van der Waals surface area (Å²) < 4.78 is 23.0. The summed E-state index contributed by atoms with van der Waals surface area (Å²) in [4.78, 5) is 16.1. The van der Waals surface area contributed by atoms with E-state index < -0.39 is 9.84 Å². The molecule has 6 heteroatoms. The smallest absolute Gasteiger partial charge is 0.263 e. The Morgan fingerprint density at radius 1 is 1.48 bits per heavy atom. The number of rotatable bonds is 5. The van der Waals surface area contributed by atoms with Crippen molar-refractivity contribution in [3.63, 3.8) is 0 Å². The molecular formula is C15H23NO3S2. The van der Waals surface area contributed by atoms with Gasteiger partial charge >= 0.3 is 0 Å². The highest BCUT2D eigenvalue weighted by molar-refractivity contribution is 7.91. The third-order valence-electron chi connectivity index (χ3n) is 3.96. The molecule has 0 bridgehead atoms. The summed E-state index contributed by atoms with van der Waals surface area (Å²) in [6, 6.07) is 1.99. The Bertz CT molecular complexity index is 619. The van der Waals surface area contributed by atoms with Crippen LogP contribution in [0.1, 0.15) is 39.9 Å². The standard InChI is InChI=1S/C15H23NO3S2/c1-4-5-13-8-14(20-11(13)2)15(17)16(3)9-12-6-7-21(18,19)10-12/h8,12H,4-7,9-10H2,1-3H3/t12-/m1/s1. The molecule has 0 unspecified atom stereocenters. The van der Waals surface area contributed by atoms with Crippen molar-refractivity contribution in [1.29, 1.82) is 0 Å². The molecule has 1 aromatic rings. The fourth-order valence-electron chi connectivity index (χ4n) is 2.82. The first-order valence-electron chi connectivity index (χ1n) is 7.37. The Morgan fingerprint density at radius 3 is 2.76 bits per heavy atom. The van der Waals surface area contributed by atoms with E-state index in [0.717, 1.165) is 17.7 Å².